The van der Waals surface area contributed by atoms with Gasteiger partial charge >= 0.3 is 0 Å². The lowest BCUT2D eigenvalue weighted by molar-refractivity contribution is -0.121. The van der Waals surface area contributed by atoms with Gasteiger partial charge in [-0.2, -0.15) is 0 Å². The molecule has 1 saturated heterocycles. The van der Waals surface area contributed by atoms with E-state index >= 15 is 0 Å². The Hall–Kier alpha value is -2.24. The van der Waals surface area contributed by atoms with E-state index in [1.165, 1.54) is 5.56 Å². The van der Waals surface area contributed by atoms with Crippen LogP contribution in [-0.2, 0) is 10.2 Å². The van der Waals surface area contributed by atoms with E-state index < -0.39 is 0 Å². The van der Waals surface area contributed by atoms with E-state index in [0.717, 1.165) is 37.6 Å². The van der Waals surface area contributed by atoms with Crippen LogP contribution in [0.1, 0.15) is 45.6 Å². The van der Waals surface area contributed by atoms with Gasteiger partial charge in [-0.1, -0.05) is 39.0 Å². The quantitative estimate of drug-likeness (QED) is 0.447. The molecule has 0 spiro atoms. The first kappa shape index (κ1) is 22.1. The van der Waals surface area contributed by atoms with Crippen LogP contribution in [-0.4, -0.2) is 57.1 Å². The van der Waals surface area contributed by atoms with Gasteiger partial charge in [-0.25, -0.2) is 0 Å². The van der Waals surface area contributed by atoms with Gasteiger partial charge in [0.1, 0.15) is 12.4 Å². The number of para-hydroxylation sites is 1. The zero-order chi connectivity index (χ0) is 20.6. The molecule has 1 fully saturated rings. The molecule has 6 nitrogen and oxygen atoms in total. The van der Waals surface area contributed by atoms with Gasteiger partial charge in [0.15, 0.2) is 5.96 Å². The third kappa shape index (κ3) is 6.43. The molecule has 0 aliphatic carbocycles. The Morgan fingerprint density at radius 2 is 1.93 bits per heavy atom. The minimum Gasteiger partial charge on any atom is -0.491 e. The normalized spacial score (nSPS) is 16.0. The van der Waals surface area contributed by atoms with Crippen molar-refractivity contribution in [3.8, 4) is 5.75 Å². The number of nitrogens with one attached hydrogen (secondary N) is 2. The first-order valence-corrected chi connectivity index (χ1v) is 10.2. The second kappa shape index (κ2) is 10.3. The second-order valence-corrected chi connectivity index (χ2v) is 8.38. The number of amides is 1. The molecule has 156 valence electrons. The van der Waals surface area contributed by atoms with Crippen molar-refractivity contribution in [2.45, 2.75) is 45.4 Å². The fraction of sp³-hybridized carbons (Fsp3) is 0.636. The topological polar surface area (TPSA) is 66.0 Å². The van der Waals surface area contributed by atoms with Gasteiger partial charge in [-0.15, -0.1) is 0 Å². The summed E-state index contributed by atoms with van der Waals surface area (Å²) in [4.78, 5) is 18.2. The molecule has 6 heteroatoms. The highest BCUT2D eigenvalue weighted by atomic mass is 16.5. The number of hydrogen-bond acceptors (Lipinski definition) is 3. The summed E-state index contributed by atoms with van der Waals surface area (Å²) in [5.74, 6) is 2.45. The number of ether oxygens (including phenoxy) is 1. The molecule has 1 aromatic rings. The first-order chi connectivity index (χ1) is 13.3. The van der Waals surface area contributed by atoms with E-state index in [1.807, 2.05) is 19.2 Å². The molecule has 0 aromatic heterocycles. The molecule has 0 atom stereocenters. The lowest BCUT2D eigenvalue weighted by Crippen LogP contribution is -2.47. The summed E-state index contributed by atoms with van der Waals surface area (Å²) in [6.07, 6.45) is 2.66. The number of rotatable bonds is 6. The zero-order valence-electron chi connectivity index (χ0n) is 18.0. The van der Waals surface area contributed by atoms with Crippen LogP contribution >= 0.6 is 0 Å². The number of piperidine rings is 1. The van der Waals surface area contributed by atoms with Crippen LogP contribution in [0.2, 0.25) is 0 Å². The largest absolute Gasteiger partial charge is 0.491 e. The van der Waals surface area contributed by atoms with E-state index in [9.17, 15) is 4.79 Å². The van der Waals surface area contributed by atoms with Crippen molar-refractivity contribution < 1.29 is 9.53 Å². The molecule has 1 aliphatic heterocycles. The summed E-state index contributed by atoms with van der Waals surface area (Å²) in [5, 5.41) is 6.12. The van der Waals surface area contributed by atoms with Crippen molar-refractivity contribution in [3.63, 3.8) is 0 Å². The molecular weight excluding hydrogens is 352 g/mol. The van der Waals surface area contributed by atoms with Gasteiger partial charge in [0.05, 0.1) is 6.54 Å². The number of benzene rings is 1. The number of hydrogen-bond donors (Lipinski definition) is 2. The molecule has 1 amide bonds. The van der Waals surface area contributed by atoms with Crippen LogP contribution in [0.5, 0.6) is 5.75 Å². The Kier molecular flexibility index (Phi) is 8.15. The fourth-order valence-electron chi connectivity index (χ4n) is 3.58. The fourth-order valence-corrected chi connectivity index (χ4v) is 3.58. The van der Waals surface area contributed by atoms with Crippen molar-refractivity contribution >= 4 is 11.9 Å². The van der Waals surface area contributed by atoms with Crippen LogP contribution in [0.25, 0.3) is 0 Å². The first-order valence-electron chi connectivity index (χ1n) is 10.2. The Labute approximate surface area is 169 Å². The summed E-state index contributed by atoms with van der Waals surface area (Å²) in [7, 11) is 3.51. The third-order valence-electron chi connectivity index (χ3n) is 5.22. The molecule has 0 saturated carbocycles. The molecule has 28 heavy (non-hydrogen) atoms. The highest BCUT2D eigenvalue weighted by Gasteiger charge is 2.23. The summed E-state index contributed by atoms with van der Waals surface area (Å²) >= 11 is 0. The van der Waals surface area contributed by atoms with E-state index in [0.29, 0.717) is 25.5 Å². The Bertz CT molecular complexity index is 659. The Morgan fingerprint density at radius 1 is 1.25 bits per heavy atom. The molecule has 2 N–H and O–H groups in total. The van der Waals surface area contributed by atoms with Crippen molar-refractivity contribution in [3.05, 3.63) is 29.8 Å². The maximum absolute atomic E-state index is 11.6. The number of carbonyl (C=O) groups is 1. The van der Waals surface area contributed by atoms with Gasteiger partial charge in [0.2, 0.25) is 5.91 Å². The lowest BCUT2D eigenvalue weighted by atomic mass is 9.86. The SMILES string of the molecule is CN=C(NCCOc1ccccc1C(C)(C)C)N1CCC(CC(=O)NC)CC1. The molecule has 2 rings (SSSR count). The molecule has 1 aromatic carbocycles. The highest BCUT2D eigenvalue weighted by molar-refractivity contribution is 5.80. The van der Waals surface area contributed by atoms with Crippen molar-refractivity contribution in [2.75, 3.05) is 40.3 Å². The molecular formula is C22H36N4O2. The van der Waals surface area contributed by atoms with Crippen LogP contribution in [0, 0.1) is 5.92 Å². The predicted molar refractivity (Wildman–Crippen MR) is 115 cm³/mol. The second-order valence-electron chi connectivity index (χ2n) is 8.38. The van der Waals surface area contributed by atoms with Gasteiger partial charge < -0.3 is 20.3 Å². The average Bonchev–Trinajstić information content (AvgIpc) is 2.68. The lowest BCUT2D eigenvalue weighted by Gasteiger charge is -2.34. The van der Waals surface area contributed by atoms with E-state index in [4.69, 9.17) is 4.74 Å². The molecule has 0 bridgehead atoms. The van der Waals surface area contributed by atoms with Crippen LogP contribution < -0.4 is 15.4 Å². The van der Waals surface area contributed by atoms with E-state index in [1.54, 1.807) is 7.05 Å². The summed E-state index contributed by atoms with van der Waals surface area (Å²) in [6.45, 7) is 9.72. The number of aliphatic imine (C=N–C) groups is 1. The predicted octanol–water partition coefficient (Wildman–Crippen LogP) is 2.79. The molecule has 0 radical (unpaired) electrons. The van der Waals surface area contributed by atoms with Crippen molar-refractivity contribution in [1.29, 1.82) is 0 Å². The maximum Gasteiger partial charge on any atom is 0.220 e. The summed E-state index contributed by atoms with van der Waals surface area (Å²) in [6, 6.07) is 8.23. The van der Waals surface area contributed by atoms with Crippen molar-refractivity contribution in [1.82, 2.24) is 15.5 Å². The summed E-state index contributed by atoms with van der Waals surface area (Å²) < 4.78 is 6.04. The Balaban J connectivity index is 1.78. The minimum atomic E-state index is 0.0546. The van der Waals surface area contributed by atoms with Crippen LogP contribution in [0.4, 0.5) is 0 Å². The van der Waals surface area contributed by atoms with E-state index in [-0.39, 0.29) is 11.3 Å². The smallest absolute Gasteiger partial charge is 0.220 e. The van der Waals surface area contributed by atoms with Gasteiger partial charge in [0.25, 0.3) is 0 Å². The van der Waals surface area contributed by atoms with Gasteiger partial charge in [0, 0.05) is 33.6 Å². The van der Waals surface area contributed by atoms with Gasteiger partial charge in [-0.3, -0.25) is 9.79 Å². The Morgan fingerprint density at radius 3 is 2.54 bits per heavy atom. The summed E-state index contributed by atoms with van der Waals surface area (Å²) in [5.41, 5.74) is 1.27. The van der Waals surface area contributed by atoms with Crippen LogP contribution in [0.15, 0.2) is 29.3 Å². The molecule has 0 unspecified atom stereocenters. The number of guanidine groups is 1. The van der Waals surface area contributed by atoms with E-state index in [2.05, 4.69) is 53.4 Å². The number of likely N-dealkylation sites (tertiary alicyclic amines) is 1. The highest BCUT2D eigenvalue weighted by Crippen LogP contribution is 2.30. The van der Waals surface area contributed by atoms with Crippen LogP contribution in [0.3, 0.4) is 0 Å². The number of carbonyl (C=O) groups excluding carboxylic acids is 1. The standard InChI is InChI=1S/C22H36N4O2/c1-22(2,3)18-8-6-7-9-19(18)28-15-12-25-21(24-5)26-13-10-17(11-14-26)16-20(27)23-4/h6-9,17H,10-16H2,1-5H3,(H,23,27)(H,24,25). The maximum atomic E-state index is 11.6. The van der Waals surface area contributed by atoms with Gasteiger partial charge in [-0.05, 0) is 35.8 Å². The average molecular weight is 389 g/mol. The third-order valence-corrected chi connectivity index (χ3v) is 5.22. The molecule has 1 aliphatic rings. The molecule has 1 heterocycles. The van der Waals surface area contributed by atoms with Crippen molar-refractivity contribution in [2.24, 2.45) is 10.9 Å². The number of nitrogens with zero attached hydrogens (tertiary/aromatic N) is 2. The monoisotopic (exact) mass is 388 g/mol. The minimum absolute atomic E-state index is 0.0546. The zero-order valence-corrected chi connectivity index (χ0v) is 18.0.